The Morgan fingerprint density at radius 3 is 2.59 bits per heavy atom. The lowest BCUT2D eigenvalue weighted by Crippen LogP contribution is -2.48. The number of nitrogens with one attached hydrogen (secondary N) is 1. The minimum atomic E-state index is -4.43. The molecule has 1 rings (SSSR count). The van der Waals surface area contributed by atoms with E-state index in [1.165, 1.54) is 4.90 Å². The maximum atomic E-state index is 11.9. The standard InChI is InChI=1S/C9H14F3N3O2/c10-9(11,12)5-14-8(17)6-2-1-3-15(6)4-7(13)16/h6H,1-5H2,(H2,13,16)(H,14,17)/t6-/m0/s1. The number of carbonyl (C=O) groups is 2. The second kappa shape index (κ2) is 5.35. The molecule has 1 saturated heterocycles. The van der Waals surface area contributed by atoms with Gasteiger partial charge in [0.2, 0.25) is 11.8 Å². The third-order valence-electron chi connectivity index (χ3n) is 2.49. The van der Waals surface area contributed by atoms with Gasteiger partial charge in [0.1, 0.15) is 6.54 Å². The smallest absolute Gasteiger partial charge is 0.369 e. The van der Waals surface area contributed by atoms with Gasteiger partial charge in [-0.25, -0.2) is 0 Å². The fourth-order valence-electron chi connectivity index (χ4n) is 1.82. The summed E-state index contributed by atoms with van der Waals surface area (Å²) in [6.45, 7) is -0.968. The first-order valence-corrected chi connectivity index (χ1v) is 5.16. The van der Waals surface area contributed by atoms with Crippen LogP contribution in [0.5, 0.6) is 0 Å². The molecular formula is C9H14F3N3O2. The predicted molar refractivity (Wildman–Crippen MR) is 52.9 cm³/mol. The van der Waals surface area contributed by atoms with E-state index in [4.69, 9.17) is 5.73 Å². The number of carbonyl (C=O) groups excluding carboxylic acids is 2. The van der Waals surface area contributed by atoms with E-state index in [1.54, 1.807) is 0 Å². The predicted octanol–water partition coefficient (Wildman–Crippen LogP) is -0.385. The average molecular weight is 253 g/mol. The van der Waals surface area contributed by atoms with E-state index in [-0.39, 0.29) is 6.54 Å². The van der Waals surface area contributed by atoms with Gasteiger partial charge in [0.15, 0.2) is 0 Å². The van der Waals surface area contributed by atoms with Gasteiger partial charge in [0.05, 0.1) is 12.6 Å². The van der Waals surface area contributed by atoms with Gasteiger partial charge in [0.25, 0.3) is 0 Å². The van der Waals surface area contributed by atoms with Crippen molar-refractivity contribution < 1.29 is 22.8 Å². The zero-order valence-electron chi connectivity index (χ0n) is 9.09. The molecule has 0 saturated carbocycles. The summed E-state index contributed by atoms with van der Waals surface area (Å²) in [4.78, 5) is 23.7. The molecule has 0 unspecified atom stereocenters. The monoisotopic (exact) mass is 253 g/mol. The van der Waals surface area contributed by atoms with Crippen molar-refractivity contribution in [3.63, 3.8) is 0 Å². The quantitative estimate of drug-likeness (QED) is 0.716. The van der Waals surface area contributed by atoms with E-state index < -0.39 is 30.6 Å². The average Bonchev–Trinajstić information content (AvgIpc) is 2.60. The van der Waals surface area contributed by atoms with Crippen LogP contribution >= 0.6 is 0 Å². The van der Waals surface area contributed by atoms with Crippen molar-refractivity contribution in [2.45, 2.75) is 25.1 Å². The normalized spacial score (nSPS) is 21.5. The molecule has 8 heteroatoms. The number of hydrogen-bond donors (Lipinski definition) is 2. The van der Waals surface area contributed by atoms with E-state index >= 15 is 0 Å². The first-order chi connectivity index (χ1) is 7.79. The van der Waals surface area contributed by atoms with Crippen LogP contribution in [0.25, 0.3) is 0 Å². The molecule has 0 radical (unpaired) electrons. The van der Waals surface area contributed by atoms with Crippen LogP contribution in [0.2, 0.25) is 0 Å². The number of nitrogens with zero attached hydrogens (tertiary/aromatic N) is 1. The van der Waals surface area contributed by atoms with Crippen molar-refractivity contribution in [2.75, 3.05) is 19.6 Å². The second-order valence-corrected chi connectivity index (χ2v) is 3.93. The summed E-state index contributed by atoms with van der Waals surface area (Å²) < 4.78 is 35.7. The van der Waals surface area contributed by atoms with E-state index in [1.807, 2.05) is 5.32 Å². The van der Waals surface area contributed by atoms with Gasteiger partial charge in [-0.1, -0.05) is 0 Å². The zero-order chi connectivity index (χ0) is 13.1. The summed E-state index contributed by atoms with van der Waals surface area (Å²) in [5, 5.41) is 1.81. The molecule has 1 atom stereocenters. The largest absolute Gasteiger partial charge is 0.405 e. The number of alkyl halides is 3. The Labute approximate surface area is 96.1 Å². The molecule has 1 heterocycles. The van der Waals surface area contributed by atoms with Gasteiger partial charge in [0, 0.05) is 0 Å². The Morgan fingerprint density at radius 2 is 2.06 bits per heavy atom. The first-order valence-electron chi connectivity index (χ1n) is 5.16. The van der Waals surface area contributed by atoms with Crippen molar-refractivity contribution in [1.82, 2.24) is 10.2 Å². The molecule has 98 valence electrons. The maximum absolute atomic E-state index is 11.9. The number of hydrogen-bond acceptors (Lipinski definition) is 3. The lowest BCUT2D eigenvalue weighted by atomic mass is 10.2. The molecule has 0 aromatic carbocycles. The lowest BCUT2D eigenvalue weighted by molar-refractivity contribution is -0.141. The molecule has 1 aliphatic rings. The molecule has 0 bridgehead atoms. The van der Waals surface area contributed by atoms with E-state index in [0.29, 0.717) is 19.4 Å². The lowest BCUT2D eigenvalue weighted by Gasteiger charge is -2.22. The number of rotatable bonds is 4. The molecule has 3 N–H and O–H groups in total. The van der Waals surface area contributed by atoms with Gasteiger partial charge < -0.3 is 11.1 Å². The highest BCUT2D eigenvalue weighted by atomic mass is 19.4. The van der Waals surface area contributed by atoms with E-state index in [9.17, 15) is 22.8 Å². The van der Waals surface area contributed by atoms with Gasteiger partial charge in [-0.3, -0.25) is 14.5 Å². The Kier molecular flexibility index (Phi) is 4.33. The molecule has 0 aromatic heterocycles. The van der Waals surface area contributed by atoms with Crippen molar-refractivity contribution in [3.8, 4) is 0 Å². The third-order valence-corrected chi connectivity index (χ3v) is 2.49. The summed E-state index contributed by atoms with van der Waals surface area (Å²) in [5.74, 6) is -1.30. The zero-order valence-corrected chi connectivity index (χ0v) is 9.09. The van der Waals surface area contributed by atoms with Crippen LogP contribution in [-0.4, -0.2) is 48.6 Å². The van der Waals surface area contributed by atoms with Crippen molar-refractivity contribution >= 4 is 11.8 Å². The number of amides is 2. The van der Waals surface area contributed by atoms with Gasteiger partial charge in [-0.05, 0) is 19.4 Å². The highest BCUT2D eigenvalue weighted by molar-refractivity contribution is 5.83. The van der Waals surface area contributed by atoms with Gasteiger partial charge in [-0.15, -0.1) is 0 Å². The fraction of sp³-hybridized carbons (Fsp3) is 0.778. The highest BCUT2D eigenvalue weighted by Gasteiger charge is 2.34. The summed E-state index contributed by atoms with van der Waals surface area (Å²) in [6.07, 6.45) is -3.32. The third kappa shape index (κ3) is 4.59. The van der Waals surface area contributed by atoms with Crippen molar-refractivity contribution in [3.05, 3.63) is 0 Å². The molecule has 0 aromatic rings. The summed E-state index contributed by atoms with van der Waals surface area (Å²) in [6, 6.07) is -0.690. The fourth-order valence-corrected chi connectivity index (χ4v) is 1.82. The Balaban J connectivity index is 2.47. The summed E-state index contributed by atoms with van der Waals surface area (Å²) >= 11 is 0. The molecule has 17 heavy (non-hydrogen) atoms. The summed E-state index contributed by atoms with van der Waals surface area (Å²) in [5.41, 5.74) is 4.99. The topological polar surface area (TPSA) is 75.4 Å². The van der Waals surface area contributed by atoms with Crippen LogP contribution in [0.4, 0.5) is 13.2 Å². The minimum absolute atomic E-state index is 0.107. The van der Waals surface area contributed by atoms with Crippen LogP contribution in [0, 0.1) is 0 Å². The van der Waals surface area contributed by atoms with Crippen molar-refractivity contribution in [1.29, 1.82) is 0 Å². The Hall–Kier alpha value is -1.31. The number of primary amides is 1. The minimum Gasteiger partial charge on any atom is -0.369 e. The number of likely N-dealkylation sites (tertiary alicyclic amines) is 1. The van der Waals surface area contributed by atoms with Crippen LogP contribution in [-0.2, 0) is 9.59 Å². The number of nitrogens with two attached hydrogens (primary N) is 1. The van der Waals surface area contributed by atoms with Crippen LogP contribution in [0.3, 0.4) is 0 Å². The van der Waals surface area contributed by atoms with Crippen molar-refractivity contribution in [2.24, 2.45) is 5.73 Å². The van der Waals surface area contributed by atoms with Gasteiger partial charge >= 0.3 is 6.18 Å². The maximum Gasteiger partial charge on any atom is 0.405 e. The molecule has 0 spiro atoms. The van der Waals surface area contributed by atoms with E-state index in [2.05, 4.69) is 0 Å². The first kappa shape index (κ1) is 13.8. The highest BCUT2D eigenvalue weighted by Crippen LogP contribution is 2.18. The molecule has 1 fully saturated rings. The molecule has 5 nitrogen and oxygen atoms in total. The Morgan fingerprint density at radius 1 is 1.41 bits per heavy atom. The molecule has 1 aliphatic heterocycles. The second-order valence-electron chi connectivity index (χ2n) is 3.93. The molecular weight excluding hydrogens is 239 g/mol. The molecule has 2 amide bonds. The van der Waals surface area contributed by atoms with Crippen LogP contribution in [0.1, 0.15) is 12.8 Å². The van der Waals surface area contributed by atoms with Crippen LogP contribution in [0.15, 0.2) is 0 Å². The van der Waals surface area contributed by atoms with E-state index in [0.717, 1.165) is 0 Å². The Bertz CT molecular complexity index is 306. The summed E-state index contributed by atoms with van der Waals surface area (Å²) in [7, 11) is 0. The SMILES string of the molecule is NC(=O)CN1CCC[C@H]1C(=O)NCC(F)(F)F. The van der Waals surface area contributed by atoms with Gasteiger partial charge in [-0.2, -0.15) is 13.2 Å². The number of halogens is 3. The molecule has 0 aliphatic carbocycles. The van der Waals surface area contributed by atoms with Crippen LogP contribution < -0.4 is 11.1 Å².